The van der Waals surface area contributed by atoms with Gasteiger partial charge in [-0.1, -0.05) is 0 Å². The molecule has 1 amide bonds. The molecular weight excluding hydrogens is 254 g/mol. The number of hydrogen-bond acceptors (Lipinski definition) is 4. The average Bonchev–Trinajstić information content (AvgIpc) is 2.83. The predicted molar refractivity (Wildman–Crippen MR) is 80.9 cm³/mol. The van der Waals surface area contributed by atoms with Crippen LogP contribution in [-0.2, 0) is 4.74 Å². The zero-order valence-corrected chi connectivity index (χ0v) is 12.1. The Morgan fingerprint density at radius 3 is 2.90 bits per heavy atom. The fourth-order valence-corrected chi connectivity index (χ4v) is 2.41. The van der Waals surface area contributed by atoms with Gasteiger partial charge in [-0.2, -0.15) is 0 Å². The van der Waals surface area contributed by atoms with Crippen molar-refractivity contribution < 1.29 is 9.53 Å². The lowest BCUT2D eigenvalue weighted by molar-refractivity contribution is 0.0956. The maximum atomic E-state index is 11.7. The summed E-state index contributed by atoms with van der Waals surface area (Å²) in [4.78, 5) is 11.7. The molecule has 0 spiro atoms. The smallest absolute Gasteiger partial charge is 0.251 e. The molecule has 1 aliphatic heterocycles. The lowest BCUT2D eigenvalue weighted by atomic mass is 10.0. The Balaban J connectivity index is 1.97. The van der Waals surface area contributed by atoms with E-state index in [2.05, 4.69) is 17.6 Å². The van der Waals surface area contributed by atoms with Gasteiger partial charge in [0.2, 0.25) is 0 Å². The van der Waals surface area contributed by atoms with E-state index in [1.807, 2.05) is 13.0 Å². The number of amides is 1. The van der Waals surface area contributed by atoms with Crippen molar-refractivity contribution in [3.63, 3.8) is 0 Å². The van der Waals surface area contributed by atoms with Gasteiger partial charge in [-0.05, 0) is 38.5 Å². The van der Waals surface area contributed by atoms with Crippen molar-refractivity contribution in [1.29, 1.82) is 0 Å². The summed E-state index contributed by atoms with van der Waals surface area (Å²) in [7, 11) is 0. The lowest BCUT2D eigenvalue weighted by Gasteiger charge is -2.17. The van der Waals surface area contributed by atoms with E-state index in [1.165, 1.54) is 0 Å². The SMILES string of the molecule is CCNC(=O)c1ccc(NCC2CCOC2C)c(N)c1. The Kier molecular flexibility index (Phi) is 4.84. The van der Waals surface area contributed by atoms with Crippen LogP contribution in [-0.4, -0.2) is 31.7 Å². The van der Waals surface area contributed by atoms with Crippen LogP contribution < -0.4 is 16.4 Å². The van der Waals surface area contributed by atoms with Crippen molar-refractivity contribution in [2.24, 2.45) is 5.92 Å². The molecule has 2 unspecified atom stereocenters. The van der Waals surface area contributed by atoms with Crippen LogP contribution in [0.2, 0.25) is 0 Å². The third kappa shape index (κ3) is 3.42. The minimum Gasteiger partial charge on any atom is -0.397 e. The summed E-state index contributed by atoms with van der Waals surface area (Å²) in [5.41, 5.74) is 8.06. The maximum absolute atomic E-state index is 11.7. The second-order valence-electron chi connectivity index (χ2n) is 5.17. The summed E-state index contributed by atoms with van der Waals surface area (Å²) in [5, 5.41) is 6.11. The summed E-state index contributed by atoms with van der Waals surface area (Å²) in [6.07, 6.45) is 1.36. The average molecular weight is 277 g/mol. The molecule has 5 nitrogen and oxygen atoms in total. The molecule has 1 aromatic carbocycles. The number of anilines is 2. The quantitative estimate of drug-likeness (QED) is 0.718. The Hall–Kier alpha value is -1.75. The first-order chi connectivity index (χ1) is 9.61. The number of ether oxygens (including phenoxy) is 1. The lowest BCUT2D eigenvalue weighted by Crippen LogP contribution is -2.23. The number of nitrogens with one attached hydrogen (secondary N) is 2. The molecule has 110 valence electrons. The van der Waals surface area contributed by atoms with Crippen molar-refractivity contribution >= 4 is 17.3 Å². The van der Waals surface area contributed by atoms with Crippen molar-refractivity contribution in [3.8, 4) is 0 Å². The zero-order chi connectivity index (χ0) is 14.5. The van der Waals surface area contributed by atoms with E-state index in [0.717, 1.165) is 25.3 Å². The monoisotopic (exact) mass is 277 g/mol. The van der Waals surface area contributed by atoms with Gasteiger partial charge in [0, 0.05) is 31.2 Å². The summed E-state index contributed by atoms with van der Waals surface area (Å²) in [5.74, 6) is 0.418. The fourth-order valence-electron chi connectivity index (χ4n) is 2.41. The normalized spacial score (nSPS) is 21.7. The van der Waals surface area contributed by atoms with Gasteiger partial charge in [-0.25, -0.2) is 0 Å². The highest BCUT2D eigenvalue weighted by molar-refractivity contribution is 5.96. The second kappa shape index (κ2) is 6.61. The molecule has 0 radical (unpaired) electrons. The summed E-state index contributed by atoms with van der Waals surface area (Å²) in [6, 6.07) is 5.36. The fraction of sp³-hybridized carbons (Fsp3) is 0.533. The standard InChI is InChI=1S/C15H23N3O2/c1-3-17-15(19)11-4-5-14(13(16)8-11)18-9-12-6-7-20-10(12)2/h4-5,8,10,12,18H,3,6-7,9,16H2,1-2H3,(H,17,19). The van der Waals surface area contributed by atoms with Crippen LogP contribution in [0.4, 0.5) is 11.4 Å². The maximum Gasteiger partial charge on any atom is 0.251 e. The van der Waals surface area contributed by atoms with E-state index in [1.54, 1.807) is 12.1 Å². The van der Waals surface area contributed by atoms with Gasteiger partial charge in [-0.3, -0.25) is 4.79 Å². The molecule has 4 N–H and O–H groups in total. The number of carbonyl (C=O) groups excluding carboxylic acids is 1. The van der Waals surface area contributed by atoms with Crippen LogP contribution in [0, 0.1) is 5.92 Å². The Morgan fingerprint density at radius 1 is 1.50 bits per heavy atom. The number of nitrogens with two attached hydrogens (primary N) is 1. The highest BCUT2D eigenvalue weighted by Gasteiger charge is 2.23. The van der Waals surface area contributed by atoms with Crippen LogP contribution in [0.25, 0.3) is 0 Å². The molecule has 5 heteroatoms. The summed E-state index contributed by atoms with van der Waals surface area (Å²) >= 11 is 0. The molecule has 1 aromatic rings. The van der Waals surface area contributed by atoms with Crippen LogP contribution in [0.15, 0.2) is 18.2 Å². The Bertz CT molecular complexity index is 476. The number of nitrogen functional groups attached to an aromatic ring is 1. The Morgan fingerprint density at radius 2 is 2.30 bits per heavy atom. The largest absolute Gasteiger partial charge is 0.397 e. The number of benzene rings is 1. The van der Waals surface area contributed by atoms with E-state index < -0.39 is 0 Å². The van der Waals surface area contributed by atoms with Crippen molar-refractivity contribution in [2.45, 2.75) is 26.4 Å². The molecule has 20 heavy (non-hydrogen) atoms. The summed E-state index contributed by atoms with van der Waals surface area (Å²) in [6.45, 7) is 6.27. The van der Waals surface area contributed by atoms with Gasteiger partial charge in [0.15, 0.2) is 0 Å². The van der Waals surface area contributed by atoms with E-state index in [9.17, 15) is 4.79 Å². The van der Waals surface area contributed by atoms with E-state index in [-0.39, 0.29) is 5.91 Å². The van der Waals surface area contributed by atoms with Gasteiger partial charge in [0.1, 0.15) is 0 Å². The van der Waals surface area contributed by atoms with E-state index in [4.69, 9.17) is 10.5 Å². The Labute approximate surface area is 119 Å². The van der Waals surface area contributed by atoms with Gasteiger partial charge >= 0.3 is 0 Å². The minimum atomic E-state index is -0.0939. The van der Waals surface area contributed by atoms with Crippen LogP contribution >= 0.6 is 0 Å². The summed E-state index contributed by atoms with van der Waals surface area (Å²) < 4.78 is 5.54. The van der Waals surface area contributed by atoms with Gasteiger partial charge in [-0.15, -0.1) is 0 Å². The molecule has 1 fully saturated rings. The molecule has 2 rings (SSSR count). The zero-order valence-electron chi connectivity index (χ0n) is 12.1. The first-order valence-corrected chi connectivity index (χ1v) is 7.15. The van der Waals surface area contributed by atoms with Crippen molar-refractivity contribution in [3.05, 3.63) is 23.8 Å². The van der Waals surface area contributed by atoms with Gasteiger partial charge in [0.05, 0.1) is 17.5 Å². The van der Waals surface area contributed by atoms with Gasteiger partial charge < -0.3 is 21.1 Å². The first-order valence-electron chi connectivity index (χ1n) is 7.15. The molecule has 0 bridgehead atoms. The molecular formula is C15H23N3O2. The van der Waals surface area contributed by atoms with E-state index in [0.29, 0.717) is 29.8 Å². The third-order valence-corrected chi connectivity index (χ3v) is 3.74. The molecule has 0 saturated carbocycles. The van der Waals surface area contributed by atoms with Crippen LogP contribution in [0.5, 0.6) is 0 Å². The van der Waals surface area contributed by atoms with Crippen LogP contribution in [0.3, 0.4) is 0 Å². The van der Waals surface area contributed by atoms with Gasteiger partial charge in [0.25, 0.3) is 5.91 Å². The van der Waals surface area contributed by atoms with Crippen molar-refractivity contribution in [2.75, 3.05) is 30.7 Å². The minimum absolute atomic E-state index is 0.0939. The molecule has 0 aromatic heterocycles. The second-order valence-corrected chi connectivity index (χ2v) is 5.17. The predicted octanol–water partition coefficient (Wildman–Crippen LogP) is 1.86. The molecule has 1 aliphatic rings. The highest BCUT2D eigenvalue weighted by atomic mass is 16.5. The van der Waals surface area contributed by atoms with Crippen LogP contribution in [0.1, 0.15) is 30.6 Å². The third-order valence-electron chi connectivity index (χ3n) is 3.74. The molecule has 2 atom stereocenters. The number of hydrogen-bond donors (Lipinski definition) is 3. The first kappa shape index (κ1) is 14.7. The topological polar surface area (TPSA) is 76.4 Å². The number of rotatable bonds is 5. The molecule has 1 heterocycles. The highest BCUT2D eigenvalue weighted by Crippen LogP contribution is 2.24. The number of carbonyl (C=O) groups is 1. The molecule has 1 saturated heterocycles. The van der Waals surface area contributed by atoms with Crippen molar-refractivity contribution in [1.82, 2.24) is 5.32 Å². The molecule has 0 aliphatic carbocycles. The van der Waals surface area contributed by atoms with E-state index >= 15 is 0 Å².